The molecule has 0 aliphatic rings. The fraction of sp³-hybridized carbons (Fsp3) is 0.208. The zero-order valence-corrected chi connectivity index (χ0v) is 21.1. The van der Waals surface area contributed by atoms with E-state index in [1.807, 2.05) is 67.6 Å². The highest BCUT2D eigenvalue weighted by Crippen LogP contribution is 2.34. The van der Waals surface area contributed by atoms with Crippen molar-refractivity contribution in [1.29, 1.82) is 0 Å². The van der Waals surface area contributed by atoms with E-state index in [2.05, 4.69) is 49.0 Å². The predicted molar refractivity (Wildman–Crippen MR) is 136 cm³/mol. The lowest BCUT2D eigenvalue weighted by Gasteiger charge is -2.15. The molecule has 0 fully saturated rings. The third-order valence-corrected chi connectivity index (χ3v) is 5.73. The number of benzene rings is 3. The first kappa shape index (κ1) is 23.4. The van der Waals surface area contributed by atoms with Crippen LogP contribution in [-0.2, 0) is 13.2 Å². The number of para-hydroxylation sites is 1. The molecule has 0 heterocycles. The summed E-state index contributed by atoms with van der Waals surface area (Å²) in [4.78, 5) is 0. The van der Waals surface area contributed by atoms with Gasteiger partial charge in [0.05, 0.1) is 30.0 Å². The molecule has 3 aromatic carbocycles. The summed E-state index contributed by atoms with van der Waals surface area (Å²) < 4.78 is 19.3. The molecule has 31 heavy (non-hydrogen) atoms. The Bertz CT molecular complexity index is 1030. The van der Waals surface area contributed by atoms with Crippen LogP contribution in [-0.4, -0.2) is 19.9 Å². The molecule has 5 nitrogen and oxygen atoms in total. The molecule has 0 saturated carbocycles. The number of hydrogen-bond donors (Lipinski definition) is 1. The first-order valence-electron chi connectivity index (χ1n) is 9.82. The second kappa shape index (κ2) is 12.0. The molecule has 0 saturated heterocycles. The summed E-state index contributed by atoms with van der Waals surface area (Å²) in [6.45, 7) is 3.56. The smallest absolute Gasteiger partial charge is 0.175 e. The molecule has 3 aromatic rings. The van der Waals surface area contributed by atoms with Crippen molar-refractivity contribution in [3.8, 4) is 17.2 Å². The standard InChI is InChI=1S/C24H24BrIN2O3/c1-3-30-23-13-18(14-27-28-15-19-6-4-5-7-22(19)29-2)12-21(26)24(23)31-16-17-8-10-20(25)11-9-17/h4-14,28H,3,15-16H2,1-2H3/b27-14+. The van der Waals surface area contributed by atoms with Gasteiger partial charge in [-0.2, -0.15) is 5.10 Å². The topological polar surface area (TPSA) is 52.1 Å². The van der Waals surface area contributed by atoms with Gasteiger partial charge in [0, 0.05) is 10.0 Å². The summed E-state index contributed by atoms with van der Waals surface area (Å²) in [5.41, 5.74) is 6.14. The van der Waals surface area contributed by atoms with Crippen LogP contribution in [0.15, 0.2) is 70.2 Å². The molecule has 3 rings (SSSR count). The Morgan fingerprint density at radius 3 is 2.55 bits per heavy atom. The van der Waals surface area contributed by atoms with E-state index in [1.54, 1.807) is 13.3 Å². The molecule has 0 amide bonds. The molecule has 0 spiro atoms. The molecule has 0 aromatic heterocycles. The SMILES string of the molecule is CCOc1cc(/C=N/NCc2ccccc2OC)cc(I)c1OCc1ccc(Br)cc1. The molecule has 0 atom stereocenters. The van der Waals surface area contributed by atoms with Gasteiger partial charge in [-0.25, -0.2) is 0 Å². The monoisotopic (exact) mass is 594 g/mol. The summed E-state index contributed by atoms with van der Waals surface area (Å²) in [5.74, 6) is 2.29. The second-order valence-electron chi connectivity index (χ2n) is 6.58. The van der Waals surface area contributed by atoms with Crippen molar-refractivity contribution in [3.63, 3.8) is 0 Å². The predicted octanol–water partition coefficient (Wildman–Crippen LogP) is 6.16. The van der Waals surface area contributed by atoms with Gasteiger partial charge >= 0.3 is 0 Å². The van der Waals surface area contributed by atoms with Crippen LogP contribution >= 0.6 is 38.5 Å². The van der Waals surface area contributed by atoms with Crippen LogP contribution in [0.5, 0.6) is 17.2 Å². The highest BCUT2D eigenvalue weighted by atomic mass is 127. The van der Waals surface area contributed by atoms with Crippen molar-refractivity contribution in [3.05, 3.63) is 85.4 Å². The third kappa shape index (κ3) is 6.87. The molecule has 0 aliphatic heterocycles. The number of rotatable bonds is 10. The molecule has 7 heteroatoms. The van der Waals surface area contributed by atoms with E-state index in [4.69, 9.17) is 14.2 Å². The van der Waals surface area contributed by atoms with Crippen molar-refractivity contribution < 1.29 is 14.2 Å². The summed E-state index contributed by atoms with van der Waals surface area (Å²) in [5, 5.41) is 4.35. The average Bonchev–Trinajstić information content (AvgIpc) is 2.78. The van der Waals surface area contributed by atoms with Crippen LogP contribution in [0.4, 0.5) is 0 Å². The van der Waals surface area contributed by atoms with E-state index >= 15 is 0 Å². The van der Waals surface area contributed by atoms with E-state index in [0.29, 0.717) is 25.5 Å². The van der Waals surface area contributed by atoms with E-state index in [9.17, 15) is 0 Å². The molecular formula is C24H24BrIN2O3. The minimum absolute atomic E-state index is 0.469. The number of nitrogens with zero attached hydrogens (tertiary/aromatic N) is 1. The fourth-order valence-corrected chi connectivity index (χ4v) is 3.95. The minimum Gasteiger partial charge on any atom is -0.496 e. The van der Waals surface area contributed by atoms with Crippen LogP contribution in [0, 0.1) is 3.57 Å². The Balaban J connectivity index is 1.68. The molecule has 0 bridgehead atoms. The fourth-order valence-electron chi connectivity index (χ4n) is 2.90. The van der Waals surface area contributed by atoms with Crippen LogP contribution in [0.25, 0.3) is 0 Å². The van der Waals surface area contributed by atoms with Crippen molar-refractivity contribution in [1.82, 2.24) is 5.43 Å². The zero-order chi connectivity index (χ0) is 22.1. The van der Waals surface area contributed by atoms with Crippen molar-refractivity contribution in [2.24, 2.45) is 5.10 Å². The Morgan fingerprint density at radius 1 is 1.03 bits per heavy atom. The highest BCUT2D eigenvalue weighted by Gasteiger charge is 2.12. The van der Waals surface area contributed by atoms with Crippen molar-refractivity contribution in [2.45, 2.75) is 20.1 Å². The van der Waals surface area contributed by atoms with E-state index in [1.165, 1.54) is 0 Å². The quantitative estimate of drug-likeness (QED) is 0.173. The number of halogens is 2. The van der Waals surface area contributed by atoms with Crippen molar-refractivity contribution >= 4 is 44.7 Å². The van der Waals surface area contributed by atoms with Gasteiger partial charge in [-0.1, -0.05) is 46.3 Å². The number of hydrazone groups is 1. The zero-order valence-electron chi connectivity index (χ0n) is 17.4. The summed E-state index contributed by atoms with van der Waals surface area (Å²) in [6, 6.07) is 19.9. The third-order valence-electron chi connectivity index (χ3n) is 4.40. The van der Waals surface area contributed by atoms with Gasteiger partial charge < -0.3 is 19.6 Å². The Labute approximate surface area is 205 Å². The maximum absolute atomic E-state index is 6.09. The van der Waals surface area contributed by atoms with Gasteiger partial charge in [-0.15, -0.1) is 0 Å². The first-order chi connectivity index (χ1) is 15.1. The summed E-state index contributed by atoms with van der Waals surface area (Å²) >= 11 is 5.72. The Kier molecular flexibility index (Phi) is 9.02. The number of hydrogen-bond acceptors (Lipinski definition) is 5. The van der Waals surface area contributed by atoms with E-state index in [-0.39, 0.29) is 0 Å². The Hall–Kier alpha value is -2.26. The molecule has 1 N–H and O–H groups in total. The minimum atomic E-state index is 0.469. The van der Waals surface area contributed by atoms with E-state index in [0.717, 1.165) is 36.2 Å². The van der Waals surface area contributed by atoms with Crippen LogP contribution in [0.2, 0.25) is 0 Å². The highest BCUT2D eigenvalue weighted by molar-refractivity contribution is 14.1. The number of methoxy groups -OCH3 is 1. The van der Waals surface area contributed by atoms with Crippen LogP contribution < -0.4 is 19.6 Å². The lowest BCUT2D eigenvalue weighted by atomic mass is 10.2. The lowest BCUT2D eigenvalue weighted by Crippen LogP contribution is -2.07. The second-order valence-corrected chi connectivity index (χ2v) is 8.66. The number of nitrogens with one attached hydrogen (secondary N) is 1. The van der Waals surface area contributed by atoms with E-state index < -0.39 is 0 Å². The number of ether oxygens (including phenoxy) is 3. The molecule has 0 unspecified atom stereocenters. The molecule has 0 radical (unpaired) electrons. The maximum atomic E-state index is 6.09. The van der Waals surface area contributed by atoms with Gasteiger partial charge in [0.25, 0.3) is 0 Å². The van der Waals surface area contributed by atoms with Crippen molar-refractivity contribution in [2.75, 3.05) is 13.7 Å². The van der Waals surface area contributed by atoms with Gasteiger partial charge in [0.15, 0.2) is 11.5 Å². The largest absolute Gasteiger partial charge is 0.496 e. The lowest BCUT2D eigenvalue weighted by molar-refractivity contribution is 0.267. The van der Waals surface area contributed by atoms with Gasteiger partial charge in [0.1, 0.15) is 12.4 Å². The van der Waals surface area contributed by atoms with Crippen LogP contribution in [0.1, 0.15) is 23.6 Å². The van der Waals surface area contributed by atoms with Gasteiger partial charge in [-0.3, -0.25) is 0 Å². The normalized spacial score (nSPS) is 10.8. The Morgan fingerprint density at radius 2 is 1.81 bits per heavy atom. The molecule has 0 aliphatic carbocycles. The molecular weight excluding hydrogens is 571 g/mol. The molecule has 162 valence electrons. The first-order valence-corrected chi connectivity index (χ1v) is 11.7. The maximum Gasteiger partial charge on any atom is 0.175 e. The van der Waals surface area contributed by atoms with Gasteiger partial charge in [0.2, 0.25) is 0 Å². The summed E-state index contributed by atoms with van der Waals surface area (Å²) in [6.07, 6.45) is 1.78. The van der Waals surface area contributed by atoms with Crippen LogP contribution in [0.3, 0.4) is 0 Å². The van der Waals surface area contributed by atoms with Gasteiger partial charge in [-0.05, 0) is 71.0 Å². The average molecular weight is 595 g/mol. The summed E-state index contributed by atoms with van der Waals surface area (Å²) in [7, 11) is 1.67.